The van der Waals surface area contributed by atoms with Crippen LogP contribution in [0.3, 0.4) is 0 Å². The van der Waals surface area contributed by atoms with Crippen LogP contribution >= 0.6 is 11.6 Å². The number of hydrogen-bond donors (Lipinski definition) is 2. The first kappa shape index (κ1) is 13.0. The Hall–Kier alpha value is -1.04. The molecule has 6 heteroatoms. The number of aromatic nitrogens is 1. The van der Waals surface area contributed by atoms with Crippen molar-refractivity contribution in [2.24, 2.45) is 0 Å². The van der Waals surface area contributed by atoms with Gasteiger partial charge in [0.05, 0.1) is 18.2 Å². The molecule has 0 spiro atoms. The minimum absolute atomic E-state index is 0.0637. The zero-order valence-electron chi connectivity index (χ0n) is 10.7. The summed E-state index contributed by atoms with van der Waals surface area (Å²) < 4.78 is 7.34. The highest BCUT2D eigenvalue weighted by atomic mass is 35.5. The SMILES string of the molecule is O=C(NCC1COCCN1)c1cc(Cl)cn1C1CC1. The van der Waals surface area contributed by atoms with Gasteiger partial charge in [-0.3, -0.25) is 4.79 Å². The zero-order chi connectivity index (χ0) is 13.2. The molecule has 1 amide bonds. The lowest BCUT2D eigenvalue weighted by Gasteiger charge is -2.24. The number of morpholine rings is 1. The van der Waals surface area contributed by atoms with E-state index >= 15 is 0 Å². The van der Waals surface area contributed by atoms with Gasteiger partial charge >= 0.3 is 0 Å². The van der Waals surface area contributed by atoms with E-state index in [9.17, 15) is 4.79 Å². The summed E-state index contributed by atoms with van der Waals surface area (Å²) in [7, 11) is 0. The van der Waals surface area contributed by atoms with Gasteiger partial charge in [-0.1, -0.05) is 11.6 Å². The van der Waals surface area contributed by atoms with E-state index in [1.807, 2.05) is 10.8 Å². The Morgan fingerprint density at radius 2 is 2.42 bits per heavy atom. The number of rotatable bonds is 4. The van der Waals surface area contributed by atoms with Crippen LogP contribution in [0.25, 0.3) is 0 Å². The number of amides is 1. The Morgan fingerprint density at radius 1 is 1.58 bits per heavy atom. The number of carbonyl (C=O) groups is 1. The molecule has 5 nitrogen and oxygen atoms in total. The minimum Gasteiger partial charge on any atom is -0.378 e. The normalized spacial score (nSPS) is 23.3. The molecule has 2 aliphatic rings. The monoisotopic (exact) mass is 283 g/mol. The van der Waals surface area contributed by atoms with Crippen LogP contribution in [-0.4, -0.2) is 42.8 Å². The highest BCUT2D eigenvalue weighted by Gasteiger charge is 2.28. The molecule has 1 aromatic heterocycles. The summed E-state index contributed by atoms with van der Waals surface area (Å²) in [6.07, 6.45) is 4.10. The third-order valence-electron chi connectivity index (χ3n) is 3.50. The van der Waals surface area contributed by atoms with Crippen molar-refractivity contribution in [2.45, 2.75) is 24.9 Å². The van der Waals surface area contributed by atoms with Gasteiger partial charge in [0.25, 0.3) is 5.91 Å². The van der Waals surface area contributed by atoms with E-state index in [0.29, 0.717) is 29.9 Å². The van der Waals surface area contributed by atoms with Gasteiger partial charge in [0.1, 0.15) is 5.69 Å². The van der Waals surface area contributed by atoms with Crippen LogP contribution in [0.15, 0.2) is 12.3 Å². The standard InChI is InChI=1S/C13H18ClN3O2/c14-9-5-12(17(7-9)11-1-2-11)13(18)16-6-10-8-19-4-3-15-10/h5,7,10-11,15H,1-4,6,8H2,(H,16,18). The van der Waals surface area contributed by atoms with Crippen LogP contribution in [0.5, 0.6) is 0 Å². The van der Waals surface area contributed by atoms with Crippen molar-refractivity contribution in [2.75, 3.05) is 26.3 Å². The van der Waals surface area contributed by atoms with Crippen LogP contribution < -0.4 is 10.6 Å². The molecule has 104 valence electrons. The molecule has 1 aliphatic heterocycles. The molecule has 19 heavy (non-hydrogen) atoms. The molecule has 0 radical (unpaired) electrons. The maximum Gasteiger partial charge on any atom is 0.268 e. The van der Waals surface area contributed by atoms with Gasteiger partial charge < -0.3 is 19.9 Å². The van der Waals surface area contributed by atoms with Crippen molar-refractivity contribution in [1.29, 1.82) is 0 Å². The summed E-state index contributed by atoms with van der Waals surface area (Å²) in [5.41, 5.74) is 0.657. The molecule has 1 saturated heterocycles. The first-order valence-electron chi connectivity index (χ1n) is 6.71. The fourth-order valence-corrected chi connectivity index (χ4v) is 2.55. The topological polar surface area (TPSA) is 55.3 Å². The number of nitrogens with zero attached hydrogens (tertiary/aromatic N) is 1. The van der Waals surface area contributed by atoms with E-state index in [2.05, 4.69) is 10.6 Å². The van der Waals surface area contributed by atoms with Crippen molar-refractivity contribution in [1.82, 2.24) is 15.2 Å². The largest absolute Gasteiger partial charge is 0.378 e. The molecular weight excluding hydrogens is 266 g/mol. The summed E-state index contributed by atoms with van der Waals surface area (Å²) in [4.78, 5) is 12.2. The molecule has 1 aromatic rings. The van der Waals surface area contributed by atoms with E-state index in [1.165, 1.54) is 0 Å². The molecule has 0 aromatic carbocycles. The number of hydrogen-bond acceptors (Lipinski definition) is 3. The van der Waals surface area contributed by atoms with Gasteiger partial charge in [0.2, 0.25) is 0 Å². The molecular formula is C13H18ClN3O2. The highest BCUT2D eigenvalue weighted by molar-refractivity contribution is 6.31. The van der Waals surface area contributed by atoms with Crippen LogP contribution in [0.2, 0.25) is 5.02 Å². The van der Waals surface area contributed by atoms with Gasteiger partial charge in [-0.2, -0.15) is 0 Å². The third-order valence-corrected chi connectivity index (χ3v) is 3.70. The fourth-order valence-electron chi connectivity index (χ4n) is 2.34. The zero-order valence-corrected chi connectivity index (χ0v) is 11.4. The lowest BCUT2D eigenvalue weighted by atomic mass is 10.2. The average molecular weight is 284 g/mol. The Labute approximate surface area is 117 Å². The van der Waals surface area contributed by atoms with Crippen molar-refractivity contribution < 1.29 is 9.53 Å². The van der Waals surface area contributed by atoms with Gasteiger partial charge in [0.15, 0.2) is 0 Å². The Morgan fingerprint density at radius 3 is 3.11 bits per heavy atom. The highest BCUT2D eigenvalue weighted by Crippen LogP contribution is 2.37. The minimum atomic E-state index is -0.0637. The van der Waals surface area contributed by atoms with Crippen LogP contribution in [0, 0.1) is 0 Å². The van der Waals surface area contributed by atoms with Crippen molar-refractivity contribution in [3.05, 3.63) is 23.0 Å². The number of halogens is 1. The summed E-state index contributed by atoms with van der Waals surface area (Å²) >= 11 is 6.00. The maximum atomic E-state index is 12.2. The van der Waals surface area contributed by atoms with E-state index in [1.54, 1.807) is 6.07 Å². The summed E-state index contributed by atoms with van der Waals surface area (Å²) in [6.45, 7) is 2.80. The van der Waals surface area contributed by atoms with Gasteiger partial charge in [-0.25, -0.2) is 0 Å². The molecule has 2 heterocycles. The van der Waals surface area contributed by atoms with Crippen LogP contribution in [-0.2, 0) is 4.74 Å². The molecule has 2 N–H and O–H groups in total. The van der Waals surface area contributed by atoms with Crippen LogP contribution in [0.1, 0.15) is 29.4 Å². The van der Waals surface area contributed by atoms with E-state index in [4.69, 9.17) is 16.3 Å². The van der Waals surface area contributed by atoms with Crippen molar-refractivity contribution in [3.63, 3.8) is 0 Å². The van der Waals surface area contributed by atoms with E-state index in [-0.39, 0.29) is 11.9 Å². The smallest absolute Gasteiger partial charge is 0.268 e. The summed E-state index contributed by atoms with van der Waals surface area (Å²) in [5, 5.41) is 6.87. The second-order valence-electron chi connectivity index (χ2n) is 5.12. The molecule has 1 atom stereocenters. The first-order chi connectivity index (χ1) is 9.24. The third kappa shape index (κ3) is 3.11. The molecule has 0 bridgehead atoms. The second kappa shape index (κ2) is 5.53. The summed E-state index contributed by atoms with van der Waals surface area (Å²) in [6, 6.07) is 2.38. The Bertz CT molecular complexity index is 464. The second-order valence-corrected chi connectivity index (χ2v) is 5.55. The number of nitrogens with one attached hydrogen (secondary N) is 2. The van der Waals surface area contributed by atoms with Gasteiger partial charge in [-0.05, 0) is 18.9 Å². The summed E-state index contributed by atoms with van der Waals surface area (Å²) in [5.74, 6) is -0.0637. The van der Waals surface area contributed by atoms with Crippen molar-refractivity contribution >= 4 is 17.5 Å². The fraction of sp³-hybridized carbons (Fsp3) is 0.615. The Kier molecular flexibility index (Phi) is 3.77. The number of ether oxygens (including phenoxy) is 1. The predicted octanol–water partition coefficient (Wildman–Crippen LogP) is 1.19. The van der Waals surface area contributed by atoms with Crippen LogP contribution in [0.4, 0.5) is 0 Å². The van der Waals surface area contributed by atoms with Crippen molar-refractivity contribution in [3.8, 4) is 0 Å². The van der Waals surface area contributed by atoms with E-state index in [0.717, 1.165) is 26.0 Å². The quantitative estimate of drug-likeness (QED) is 0.873. The molecule has 1 saturated carbocycles. The Balaban J connectivity index is 1.60. The molecule has 1 aliphatic carbocycles. The maximum absolute atomic E-state index is 12.2. The molecule has 2 fully saturated rings. The van der Waals surface area contributed by atoms with Gasteiger partial charge in [-0.15, -0.1) is 0 Å². The average Bonchev–Trinajstić information content (AvgIpc) is 3.20. The van der Waals surface area contributed by atoms with E-state index < -0.39 is 0 Å². The predicted molar refractivity (Wildman–Crippen MR) is 72.7 cm³/mol. The molecule has 1 unspecified atom stereocenters. The lowest BCUT2D eigenvalue weighted by molar-refractivity contribution is 0.0732. The lowest BCUT2D eigenvalue weighted by Crippen LogP contribution is -2.48. The molecule has 3 rings (SSSR count). The number of carbonyl (C=O) groups excluding carboxylic acids is 1. The van der Waals surface area contributed by atoms with Gasteiger partial charge in [0, 0.05) is 31.4 Å². The first-order valence-corrected chi connectivity index (χ1v) is 7.08.